The van der Waals surface area contributed by atoms with Crippen LogP contribution in [0.3, 0.4) is 0 Å². The monoisotopic (exact) mass is 485 g/mol. The highest BCUT2D eigenvalue weighted by Crippen LogP contribution is 2.25. The Labute approximate surface area is 198 Å². The van der Waals surface area contributed by atoms with Gasteiger partial charge >= 0.3 is 0 Å². The lowest BCUT2D eigenvalue weighted by molar-refractivity contribution is -0.114. The van der Waals surface area contributed by atoms with E-state index >= 15 is 0 Å². The number of morpholine rings is 1. The largest absolute Gasteiger partial charge is 0.378 e. The second kappa shape index (κ2) is 10.2. The molecule has 3 aromatic carbocycles. The average Bonchev–Trinajstić information content (AvgIpc) is 2.84. The Kier molecular flexibility index (Phi) is 7.17. The minimum absolute atomic E-state index is 0.0541. The number of sulfonamides is 1. The van der Waals surface area contributed by atoms with Crippen LogP contribution < -0.4 is 14.5 Å². The summed E-state index contributed by atoms with van der Waals surface area (Å²) in [5.41, 5.74) is 2.03. The summed E-state index contributed by atoms with van der Waals surface area (Å²) in [6, 6.07) is 21.9. The molecule has 0 atom stereocenters. The molecule has 1 N–H and O–H groups in total. The zero-order valence-electron chi connectivity index (χ0n) is 17.9. The second-order valence-corrected chi connectivity index (χ2v) is 9.79. The van der Waals surface area contributed by atoms with Gasteiger partial charge in [0, 0.05) is 29.5 Å². The highest BCUT2D eigenvalue weighted by atomic mass is 35.5. The Bertz CT molecular complexity index is 1180. The van der Waals surface area contributed by atoms with E-state index in [1.165, 1.54) is 24.3 Å². The van der Waals surface area contributed by atoms with Crippen LogP contribution in [0.1, 0.15) is 0 Å². The fraction of sp³-hybridized carbons (Fsp3) is 0.208. The molecule has 1 aliphatic heterocycles. The van der Waals surface area contributed by atoms with Crippen molar-refractivity contribution in [2.75, 3.05) is 47.4 Å². The van der Waals surface area contributed by atoms with E-state index in [-0.39, 0.29) is 11.4 Å². The summed E-state index contributed by atoms with van der Waals surface area (Å²) in [6.07, 6.45) is 0. The predicted octanol–water partition coefficient (Wildman–Crippen LogP) is 4.01. The first-order chi connectivity index (χ1) is 15.9. The third-order valence-electron chi connectivity index (χ3n) is 5.26. The van der Waals surface area contributed by atoms with E-state index in [1.54, 1.807) is 30.3 Å². The van der Waals surface area contributed by atoms with Gasteiger partial charge in [-0.05, 0) is 60.7 Å². The molecule has 9 heteroatoms. The fourth-order valence-electron chi connectivity index (χ4n) is 3.55. The first-order valence-electron chi connectivity index (χ1n) is 10.5. The number of amides is 1. The van der Waals surface area contributed by atoms with Gasteiger partial charge < -0.3 is 15.0 Å². The summed E-state index contributed by atoms with van der Waals surface area (Å²) < 4.78 is 33.1. The molecular weight excluding hydrogens is 462 g/mol. The number of halogens is 1. The number of carbonyl (C=O) groups excluding carboxylic acids is 1. The summed E-state index contributed by atoms with van der Waals surface area (Å²) in [5, 5.41) is 3.22. The summed E-state index contributed by atoms with van der Waals surface area (Å²) in [5.74, 6) is -0.449. The Morgan fingerprint density at radius 1 is 0.939 bits per heavy atom. The zero-order chi connectivity index (χ0) is 23.3. The van der Waals surface area contributed by atoms with Gasteiger partial charge in [-0.2, -0.15) is 0 Å². The molecule has 0 aromatic heterocycles. The van der Waals surface area contributed by atoms with Crippen LogP contribution in [0.5, 0.6) is 0 Å². The number of rotatable bonds is 7. The van der Waals surface area contributed by atoms with Crippen LogP contribution in [0.15, 0.2) is 83.8 Å². The number of anilines is 3. The van der Waals surface area contributed by atoms with Crippen molar-refractivity contribution < 1.29 is 17.9 Å². The topological polar surface area (TPSA) is 79.0 Å². The number of hydrogen-bond acceptors (Lipinski definition) is 5. The molecule has 0 radical (unpaired) electrons. The summed E-state index contributed by atoms with van der Waals surface area (Å²) in [7, 11) is -3.98. The average molecular weight is 486 g/mol. The van der Waals surface area contributed by atoms with Crippen LogP contribution in [-0.2, 0) is 19.6 Å². The van der Waals surface area contributed by atoms with Crippen molar-refractivity contribution in [3.8, 4) is 0 Å². The van der Waals surface area contributed by atoms with Crippen molar-refractivity contribution in [2.45, 2.75) is 4.90 Å². The molecule has 1 amide bonds. The molecule has 0 bridgehead atoms. The van der Waals surface area contributed by atoms with E-state index in [2.05, 4.69) is 10.2 Å². The lowest BCUT2D eigenvalue weighted by atomic mass is 10.2. The SMILES string of the molecule is O=C(CN(c1ccccc1)S(=O)(=O)c1ccc(Cl)cc1)Nc1ccc(N2CCOCC2)cc1. The van der Waals surface area contributed by atoms with Gasteiger partial charge in [0.15, 0.2) is 0 Å². The predicted molar refractivity (Wildman–Crippen MR) is 131 cm³/mol. The number of ether oxygens (including phenoxy) is 1. The standard InChI is InChI=1S/C24H24ClN3O4S/c25-19-6-12-23(13-7-19)33(30,31)28(22-4-2-1-3-5-22)18-24(29)26-20-8-10-21(11-9-20)27-14-16-32-17-15-27/h1-13H,14-18H2,(H,26,29). The first-order valence-corrected chi connectivity index (χ1v) is 12.3. The molecular formula is C24H24ClN3O4S. The molecule has 0 saturated carbocycles. The van der Waals surface area contributed by atoms with Crippen LogP contribution in [0.4, 0.5) is 17.1 Å². The molecule has 1 heterocycles. The maximum absolute atomic E-state index is 13.3. The number of para-hydroxylation sites is 1. The normalized spacial score (nSPS) is 14.0. The molecule has 0 spiro atoms. The Morgan fingerprint density at radius 3 is 2.21 bits per heavy atom. The van der Waals surface area contributed by atoms with Crippen molar-refractivity contribution in [2.24, 2.45) is 0 Å². The minimum Gasteiger partial charge on any atom is -0.378 e. The van der Waals surface area contributed by atoms with Crippen LogP contribution in [0.25, 0.3) is 0 Å². The van der Waals surface area contributed by atoms with E-state index in [9.17, 15) is 13.2 Å². The van der Waals surface area contributed by atoms with Crippen LogP contribution in [0, 0.1) is 0 Å². The molecule has 4 rings (SSSR count). The number of carbonyl (C=O) groups is 1. The third-order valence-corrected chi connectivity index (χ3v) is 7.30. The molecule has 1 saturated heterocycles. The maximum Gasteiger partial charge on any atom is 0.264 e. The fourth-order valence-corrected chi connectivity index (χ4v) is 5.10. The van der Waals surface area contributed by atoms with Crippen molar-refractivity contribution in [3.63, 3.8) is 0 Å². The third kappa shape index (κ3) is 5.65. The number of nitrogens with zero attached hydrogens (tertiary/aromatic N) is 2. The molecule has 1 aliphatic rings. The highest BCUT2D eigenvalue weighted by molar-refractivity contribution is 7.92. The van der Waals surface area contributed by atoms with E-state index in [0.29, 0.717) is 29.6 Å². The lowest BCUT2D eigenvalue weighted by Crippen LogP contribution is -2.38. The highest BCUT2D eigenvalue weighted by Gasteiger charge is 2.27. The molecule has 33 heavy (non-hydrogen) atoms. The molecule has 0 aliphatic carbocycles. The van der Waals surface area contributed by atoms with Gasteiger partial charge in [-0.15, -0.1) is 0 Å². The Hall–Kier alpha value is -3.07. The molecule has 3 aromatic rings. The lowest BCUT2D eigenvalue weighted by Gasteiger charge is -2.29. The smallest absolute Gasteiger partial charge is 0.264 e. The van der Waals surface area contributed by atoms with Crippen LogP contribution in [0.2, 0.25) is 5.02 Å². The van der Waals surface area contributed by atoms with Gasteiger partial charge in [0.05, 0.1) is 23.8 Å². The van der Waals surface area contributed by atoms with E-state index in [1.807, 2.05) is 24.3 Å². The molecule has 1 fully saturated rings. The first kappa shape index (κ1) is 23.1. The Balaban J connectivity index is 1.51. The molecule has 172 valence electrons. The van der Waals surface area contributed by atoms with Gasteiger partial charge in [0.25, 0.3) is 10.0 Å². The van der Waals surface area contributed by atoms with Crippen LogP contribution in [-0.4, -0.2) is 47.2 Å². The van der Waals surface area contributed by atoms with E-state index in [0.717, 1.165) is 23.1 Å². The zero-order valence-corrected chi connectivity index (χ0v) is 19.4. The Morgan fingerprint density at radius 2 is 1.58 bits per heavy atom. The summed E-state index contributed by atoms with van der Waals surface area (Å²) in [6.45, 7) is 2.65. The summed E-state index contributed by atoms with van der Waals surface area (Å²) in [4.78, 5) is 15.1. The van der Waals surface area contributed by atoms with Gasteiger partial charge in [-0.1, -0.05) is 29.8 Å². The van der Waals surface area contributed by atoms with Crippen molar-refractivity contribution in [1.29, 1.82) is 0 Å². The van der Waals surface area contributed by atoms with E-state index < -0.39 is 15.9 Å². The van der Waals surface area contributed by atoms with Gasteiger partial charge in [-0.25, -0.2) is 8.42 Å². The molecule has 7 nitrogen and oxygen atoms in total. The minimum atomic E-state index is -3.98. The van der Waals surface area contributed by atoms with Crippen molar-refractivity contribution in [1.82, 2.24) is 0 Å². The maximum atomic E-state index is 13.3. The van der Waals surface area contributed by atoms with Crippen molar-refractivity contribution >= 4 is 44.6 Å². The van der Waals surface area contributed by atoms with Crippen molar-refractivity contribution in [3.05, 3.63) is 83.9 Å². The van der Waals surface area contributed by atoms with E-state index in [4.69, 9.17) is 16.3 Å². The molecule has 0 unspecified atom stereocenters. The summed E-state index contributed by atoms with van der Waals surface area (Å²) >= 11 is 5.91. The number of hydrogen-bond donors (Lipinski definition) is 1. The quantitative estimate of drug-likeness (QED) is 0.547. The number of nitrogens with one attached hydrogen (secondary N) is 1. The van der Waals surface area contributed by atoms with Gasteiger partial charge in [0.2, 0.25) is 5.91 Å². The second-order valence-electron chi connectivity index (χ2n) is 7.50. The van der Waals surface area contributed by atoms with Gasteiger partial charge in [-0.3, -0.25) is 9.10 Å². The number of benzene rings is 3. The van der Waals surface area contributed by atoms with Crippen LogP contribution >= 0.6 is 11.6 Å². The van der Waals surface area contributed by atoms with Gasteiger partial charge in [0.1, 0.15) is 6.54 Å².